The molecular weight excluding hydrogens is 232 g/mol. The van der Waals surface area contributed by atoms with E-state index in [0.29, 0.717) is 10.4 Å². The van der Waals surface area contributed by atoms with Crippen molar-refractivity contribution in [3.8, 4) is 0 Å². The second-order valence-electron chi connectivity index (χ2n) is 5.27. The molecule has 0 saturated heterocycles. The first kappa shape index (κ1) is 12.5. The first-order chi connectivity index (χ1) is 8.01. The number of aryl methyl sites for hydroxylation is 1. The number of aromatic nitrogens is 2. The van der Waals surface area contributed by atoms with Gasteiger partial charge in [0.25, 0.3) is 0 Å². The van der Waals surface area contributed by atoms with Gasteiger partial charge in [-0.15, -0.1) is 0 Å². The van der Waals surface area contributed by atoms with E-state index in [1.165, 1.54) is 12.8 Å². The molecule has 0 bridgehead atoms. The summed E-state index contributed by atoms with van der Waals surface area (Å²) in [5.74, 6) is 1.10. The van der Waals surface area contributed by atoms with Gasteiger partial charge in [0, 0.05) is 32.4 Å². The highest BCUT2D eigenvalue weighted by Gasteiger charge is 2.43. The summed E-state index contributed by atoms with van der Waals surface area (Å²) in [6.07, 6.45) is 7.19. The summed E-state index contributed by atoms with van der Waals surface area (Å²) >= 11 is 5.02. The van der Waals surface area contributed by atoms with Gasteiger partial charge in [-0.3, -0.25) is 4.90 Å². The van der Waals surface area contributed by atoms with Crippen LogP contribution in [-0.2, 0) is 13.6 Å². The van der Waals surface area contributed by atoms with Gasteiger partial charge in [-0.2, -0.15) is 0 Å². The Morgan fingerprint density at radius 3 is 2.82 bits per heavy atom. The van der Waals surface area contributed by atoms with Crippen molar-refractivity contribution in [1.29, 1.82) is 0 Å². The second kappa shape index (κ2) is 4.74. The molecule has 94 valence electrons. The fourth-order valence-electron chi connectivity index (χ4n) is 2.36. The topological polar surface area (TPSA) is 47.1 Å². The summed E-state index contributed by atoms with van der Waals surface area (Å²) in [4.78, 5) is 7.30. The van der Waals surface area contributed by atoms with Gasteiger partial charge in [-0.05, 0) is 25.3 Å². The van der Waals surface area contributed by atoms with E-state index < -0.39 is 0 Å². The molecule has 17 heavy (non-hydrogen) atoms. The lowest BCUT2D eigenvalue weighted by Crippen LogP contribution is -2.30. The molecule has 1 aromatic rings. The molecular formula is C12H20N4S. The van der Waals surface area contributed by atoms with E-state index in [2.05, 4.69) is 21.5 Å². The maximum atomic E-state index is 5.65. The van der Waals surface area contributed by atoms with Crippen molar-refractivity contribution in [2.45, 2.75) is 25.8 Å². The highest BCUT2D eigenvalue weighted by Crippen LogP contribution is 2.49. The maximum absolute atomic E-state index is 5.65. The van der Waals surface area contributed by atoms with Crippen LogP contribution in [0.3, 0.4) is 0 Å². The van der Waals surface area contributed by atoms with E-state index in [9.17, 15) is 0 Å². The molecule has 0 unspecified atom stereocenters. The van der Waals surface area contributed by atoms with Crippen LogP contribution >= 0.6 is 12.2 Å². The zero-order valence-corrected chi connectivity index (χ0v) is 11.3. The molecule has 5 heteroatoms. The Hall–Kier alpha value is -0.940. The Morgan fingerprint density at radius 1 is 1.65 bits per heavy atom. The highest BCUT2D eigenvalue weighted by molar-refractivity contribution is 7.80. The van der Waals surface area contributed by atoms with Crippen molar-refractivity contribution in [1.82, 2.24) is 14.5 Å². The van der Waals surface area contributed by atoms with Gasteiger partial charge in [-0.1, -0.05) is 12.2 Å². The van der Waals surface area contributed by atoms with Crippen LogP contribution in [0.25, 0.3) is 0 Å². The first-order valence-electron chi connectivity index (χ1n) is 5.94. The Morgan fingerprint density at radius 2 is 2.35 bits per heavy atom. The minimum Gasteiger partial charge on any atom is -0.393 e. The normalized spacial score (nSPS) is 17.4. The molecule has 1 aliphatic carbocycles. The zero-order chi connectivity index (χ0) is 12.5. The van der Waals surface area contributed by atoms with Crippen molar-refractivity contribution < 1.29 is 0 Å². The molecule has 1 aliphatic rings. The highest BCUT2D eigenvalue weighted by atomic mass is 32.1. The van der Waals surface area contributed by atoms with Crippen molar-refractivity contribution >= 4 is 17.2 Å². The summed E-state index contributed by atoms with van der Waals surface area (Å²) in [6.45, 7) is 1.93. The SMILES string of the molecule is CN(Cc1nccn1C)CC1(CC(N)=S)CC1. The van der Waals surface area contributed by atoms with Gasteiger partial charge in [0.05, 0.1) is 11.5 Å². The average Bonchev–Trinajstić information content (AvgIpc) is 2.82. The lowest BCUT2D eigenvalue weighted by molar-refractivity contribution is 0.252. The van der Waals surface area contributed by atoms with Crippen LogP contribution in [0.2, 0.25) is 0 Å². The Kier molecular flexibility index (Phi) is 3.49. The van der Waals surface area contributed by atoms with Crippen LogP contribution in [0.5, 0.6) is 0 Å². The van der Waals surface area contributed by atoms with E-state index in [-0.39, 0.29) is 0 Å². The van der Waals surface area contributed by atoms with Crippen LogP contribution in [0, 0.1) is 5.41 Å². The van der Waals surface area contributed by atoms with Crippen LogP contribution in [-0.4, -0.2) is 33.0 Å². The van der Waals surface area contributed by atoms with Gasteiger partial charge in [-0.25, -0.2) is 4.98 Å². The molecule has 0 aromatic carbocycles. The number of thiocarbonyl (C=S) groups is 1. The predicted molar refractivity (Wildman–Crippen MR) is 72.6 cm³/mol. The van der Waals surface area contributed by atoms with E-state index in [4.69, 9.17) is 18.0 Å². The minimum atomic E-state index is 0.353. The molecule has 2 N–H and O–H groups in total. The van der Waals surface area contributed by atoms with Gasteiger partial charge in [0.1, 0.15) is 5.82 Å². The maximum Gasteiger partial charge on any atom is 0.122 e. The Bertz CT molecular complexity index is 408. The van der Waals surface area contributed by atoms with Crippen molar-refractivity contribution in [3.05, 3.63) is 18.2 Å². The molecule has 0 amide bonds. The van der Waals surface area contributed by atoms with Crippen molar-refractivity contribution in [2.24, 2.45) is 18.2 Å². The molecule has 1 aromatic heterocycles. The average molecular weight is 252 g/mol. The molecule has 1 saturated carbocycles. The summed E-state index contributed by atoms with van der Waals surface area (Å²) < 4.78 is 2.06. The minimum absolute atomic E-state index is 0.353. The van der Waals surface area contributed by atoms with E-state index in [1.54, 1.807) is 0 Å². The number of hydrogen-bond donors (Lipinski definition) is 1. The molecule has 2 rings (SSSR count). The summed E-state index contributed by atoms with van der Waals surface area (Å²) in [7, 11) is 4.16. The summed E-state index contributed by atoms with van der Waals surface area (Å²) in [5, 5.41) is 0. The lowest BCUT2D eigenvalue weighted by Gasteiger charge is -2.23. The summed E-state index contributed by atoms with van der Waals surface area (Å²) in [6, 6.07) is 0. The Balaban J connectivity index is 1.87. The molecule has 0 spiro atoms. The van der Waals surface area contributed by atoms with Crippen LogP contribution < -0.4 is 5.73 Å². The monoisotopic (exact) mass is 252 g/mol. The number of imidazole rings is 1. The Labute approximate surface area is 108 Å². The molecule has 1 fully saturated rings. The molecule has 4 nitrogen and oxygen atoms in total. The third kappa shape index (κ3) is 3.26. The molecule has 0 radical (unpaired) electrons. The quantitative estimate of drug-likeness (QED) is 0.776. The molecule has 0 atom stereocenters. The molecule has 1 heterocycles. The van der Waals surface area contributed by atoms with Gasteiger partial charge in [0.2, 0.25) is 0 Å². The van der Waals surface area contributed by atoms with Gasteiger partial charge in [0.15, 0.2) is 0 Å². The number of nitrogens with zero attached hydrogens (tertiary/aromatic N) is 3. The van der Waals surface area contributed by atoms with E-state index in [0.717, 1.165) is 25.3 Å². The predicted octanol–water partition coefficient (Wildman–Crippen LogP) is 1.31. The largest absolute Gasteiger partial charge is 0.393 e. The molecule has 0 aliphatic heterocycles. The fraction of sp³-hybridized carbons (Fsp3) is 0.667. The van der Waals surface area contributed by atoms with E-state index >= 15 is 0 Å². The lowest BCUT2D eigenvalue weighted by atomic mass is 10.0. The number of hydrogen-bond acceptors (Lipinski definition) is 3. The fourth-order valence-corrected chi connectivity index (χ4v) is 2.66. The van der Waals surface area contributed by atoms with Crippen LogP contribution in [0.4, 0.5) is 0 Å². The van der Waals surface area contributed by atoms with Crippen molar-refractivity contribution in [3.63, 3.8) is 0 Å². The van der Waals surface area contributed by atoms with Crippen molar-refractivity contribution in [2.75, 3.05) is 13.6 Å². The van der Waals surface area contributed by atoms with E-state index in [1.807, 2.05) is 19.4 Å². The first-order valence-corrected chi connectivity index (χ1v) is 6.35. The smallest absolute Gasteiger partial charge is 0.122 e. The van der Waals surface area contributed by atoms with Gasteiger partial charge < -0.3 is 10.3 Å². The van der Waals surface area contributed by atoms with Crippen LogP contribution in [0.1, 0.15) is 25.1 Å². The standard InChI is InChI=1S/C12H20N4S/c1-15(8-11-14-5-6-16(11)2)9-12(3-4-12)7-10(13)17/h5-6H,3-4,7-9H2,1-2H3,(H2,13,17). The second-order valence-corrected chi connectivity index (χ2v) is 5.79. The third-order valence-corrected chi connectivity index (χ3v) is 3.59. The number of rotatable bonds is 6. The zero-order valence-electron chi connectivity index (χ0n) is 10.5. The number of nitrogens with two attached hydrogens (primary N) is 1. The van der Waals surface area contributed by atoms with Crippen LogP contribution in [0.15, 0.2) is 12.4 Å². The summed E-state index contributed by atoms with van der Waals surface area (Å²) in [5.41, 5.74) is 6.00. The van der Waals surface area contributed by atoms with Gasteiger partial charge >= 0.3 is 0 Å². The third-order valence-electron chi connectivity index (χ3n) is 3.44.